The minimum Gasteiger partial charge on any atom is -0.494 e. The van der Waals surface area contributed by atoms with Gasteiger partial charge < -0.3 is 18.9 Å². The molecule has 202 valence electrons. The maximum absolute atomic E-state index is 13.7. The van der Waals surface area contributed by atoms with Gasteiger partial charge in [0.05, 0.1) is 32.6 Å². The van der Waals surface area contributed by atoms with Crippen molar-refractivity contribution in [2.45, 2.75) is 32.6 Å². The van der Waals surface area contributed by atoms with E-state index in [0.717, 1.165) is 22.5 Å². The Hall–Kier alpha value is -3.99. The maximum atomic E-state index is 13.7. The highest BCUT2D eigenvalue weighted by Gasteiger charge is 2.31. The van der Waals surface area contributed by atoms with E-state index in [1.165, 1.54) is 0 Å². The molecule has 0 aliphatic rings. The van der Waals surface area contributed by atoms with E-state index in [1.54, 1.807) is 18.1 Å². The van der Waals surface area contributed by atoms with Crippen LogP contribution < -0.4 is 10.3 Å². The molecule has 10 nitrogen and oxygen atoms in total. The van der Waals surface area contributed by atoms with Crippen LogP contribution in [0.2, 0.25) is 5.02 Å². The number of ether oxygens (including phenoxy) is 2. The van der Waals surface area contributed by atoms with Gasteiger partial charge in [-0.05, 0) is 71.4 Å². The minimum absolute atomic E-state index is 0.237. The summed E-state index contributed by atoms with van der Waals surface area (Å²) in [6.07, 6.45) is 1.63. The largest absolute Gasteiger partial charge is 0.494 e. The van der Waals surface area contributed by atoms with E-state index in [4.69, 9.17) is 25.5 Å². The summed E-state index contributed by atoms with van der Waals surface area (Å²) in [5.74, 6) is 1.97. The topological polar surface area (TPSA) is 111 Å². The number of H-pyrrole nitrogens is 1. The summed E-state index contributed by atoms with van der Waals surface area (Å²) in [5, 5.41) is 14.0. The van der Waals surface area contributed by atoms with Gasteiger partial charge in [-0.15, -0.1) is 5.10 Å². The second kappa shape index (κ2) is 12.2. The lowest BCUT2D eigenvalue weighted by Gasteiger charge is -2.30. The van der Waals surface area contributed by atoms with E-state index in [9.17, 15) is 4.79 Å². The van der Waals surface area contributed by atoms with Crippen LogP contribution in [0.5, 0.6) is 5.75 Å². The average molecular weight is 549 g/mol. The van der Waals surface area contributed by atoms with Crippen LogP contribution in [0.15, 0.2) is 76.1 Å². The van der Waals surface area contributed by atoms with Gasteiger partial charge in [0.1, 0.15) is 17.6 Å². The molecule has 0 aliphatic heterocycles. The number of nitrogens with one attached hydrogen (secondary N) is 1. The minimum atomic E-state index is -0.624. The molecule has 1 atom stereocenters. The monoisotopic (exact) mass is 548 g/mol. The average Bonchev–Trinajstić information content (AvgIpc) is 3.62. The van der Waals surface area contributed by atoms with Crippen molar-refractivity contribution in [3.63, 3.8) is 0 Å². The lowest BCUT2D eigenvalue weighted by Crippen LogP contribution is -2.35. The number of aromatic amines is 1. The number of fused-ring (bicyclic) bond motifs is 1. The van der Waals surface area contributed by atoms with Crippen LogP contribution in [-0.4, -0.2) is 50.4 Å². The molecule has 0 saturated carbocycles. The Morgan fingerprint density at radius 3 is 2.72 bits per heavy atom. The van der Waals surface area contributed by atoms with E-state index in [1.807, 2.05) is 67.6 Å². The van der Waals surface area contributed by atoms with E-state index >= 15 is 0 Å². The first-order chi connectivity index (χ1) is 19.1. The lowest BCUT2D eigenvalue weighted by atomic mass is 10.0. The number of benzene rings is 2. The molecular weight excluding hydrogens is 520 g/mol. The smallest absolute Gasteiger partial charge is 0.253 e. The molecule has 0 amide bonds. The van der Waals surface area contributed by atoms with Gasteiger partial charge in [-0.3, -0.25) is 9.69 Å². The number of rotatable bonds is 12. The van der Waals surface area contributed by atoms with Gasteiger partial charge in [0.15, 0.2) is 5.82 Å². The van der Waals surface area contributed by atoms with Crippen molar-refractivity contribution in [3.05, 3.63) is 105 Å². The number of hydrogen-bond acceptors (Lipinski definition) is 8. The number of hydrogen-bond donors (Lipinski definition) is 1. The normalized spacial score (nSPS) is 12.3. The molecule has 1 N–H and O–H groups in total. The summed E-state index contributed by atoms with van der Waals surface area (Å²) in [6.45, 7) is 4.17. The molecule has 5 rings (SSSR count). The van der Waals surface area contributed by atoms with E-state index in [-0.39, 0.29) is 5.56 Å². The zero-order valence-corrected chi connectivity index (χ0v) is 22.5. The van der Waals surface area contributed by atoms with Crippen molar-refractivity contribution >= 4 is 22.5 Å². The molecule has 3 heterocycles. The number of methoxy groups -OCH3 is 1. The summed E-state index contributed by atoms with van der Waals surface area (Å²) < 4.78 is 18.4. The Kier molecular flexibility index (Phi) is 8.36. The Balaban J connectivity index is 1.67. The summed E-state index contributed by atoms with van der Waals surface area (Å²) in [5.41, 5.74) is 1.96. The summed E-state index contributed by atoms with van der Waals surface area (Å²) >= 11 is 6.16. The molecule has 5 aromatic rings. The summed E-state index contributed by atoms with van der Waals surface area (Å²) in [6, 6.07) is 18.2. The molecule has 0 bridgehead atoms. The number of aromatic nitrogens is 5. The number of tetrazole rings is 1. The van der Waals surface area contributed by atoms with E-state index in [2.05, 4.69) is 25.4 Å². The SMILES string of the molecule is CCOc1ccc2[nH]c(=O)c([C@@H](c3nnnn3CCOC)N(Cc3ccc(Cl)cc3)Cc3ccco3)cc2c1. The van der Waals surface area contributed by atoms with Crippen LogP contribution in [0.1, 0.15) is 35.7 Å². The van der Waals surface area contributed by atoms with Crippen molar-refractivity contribution in [1.29, 1.82) is 0 Å². The quantitative estimate of drug-likeness (QED) is 0.241. The number of pyridine rings is 1. The zero-order chi connectivity index (χ0) is 27.2. The standard InChI is InChI=1S/C28H29ClN6O4/c1-3-38-22-10-11-25-20(15-22)16-24(28(36)30-25)26(27-31-32-33-35(27)12-14-37-2)34(18-23-5-4-13-39-23)17-19-6-8-21(29)9-7-19/h4-11,13,15-16,26H,3,12,14,17-18H2,1-2H3,(H,30,36)/t26-/m0/s1. The molecule has 0 radical (unpaired) electrons. The Morgan fingerprint density at radius 1 is 1.13 bits per heavy atom. The third-order valence-corrected chi connectivity index (χ3v) is 6.62. The van der Waals surface area contributed by atoms with Gasteiger partial charge >= 0.3 is 0 Å². The van der Waals surface area contributed by atoms with Crippen LogP contribution >= 0.6 is 11.6 Å². The fourth-order valence-corrected chi connectivity index (χ4v) is 4.70. The number of nitrogens with zero attached hydrogens (tertiary/aromatic N) is 5. The van der Waals surface area contributed by atoms with Gasteiger partial charge in [0, 0.05) is 35.1 Å². The van der Waals surface area contributed by atoms with Gasteiger partial charge in [-0.2, -0.15) is 0 Å². The third-order valence-electron chi connectivity index (χ3n) is 6.36. The van der Waals surface area contributed by atoms with Crippen LogP contribution in [0.25, 0.3) is 10.9 Å². The Bertz CT molecular complexity index is 1570. The van der Waals surface area contributed by atoms with Crippen LogP contribution in [-0.2, 0) is 24.4 Å². The van der Waals surface area contributed by atoms with Gasteiger partial charge in [-0.25, -0.2) is 4.68 Å². The maximum Gasteiger partial charge on any atom is 0.253 e. The number of furan rings is 1. The first kappa shape index (κ1) is 26.6. The second-order valence-electron chi connectivity index (χ2n) is 9.00. The molecule has 11 heteroatoms. The zero-order valence-electron chi connectivity index (χ0n) is 21.7. The molecule has 0 spiro atoms. The van der Waals surface area contributed by atoms with Gasteiger partial charge in [-0.1, -0.05) is 23.7 Å². The predicted molar refractivity (Wildman–Crippen MR) is 147 cm³/mol. The highest BCUT2D eigenvalue weighted by molar-refractivity contribution is 6.30. The van der Waals surface area contributed by atoms with Crippen molar-refractivity contribution in [2.75, 3.05) is 20.3 Å². The predicted octanol–water partition coefficient (Wildman–Crippen LogP) is 4.60. The molecule has 0 aliphatic carbocycles. The van der Waals surface area contributed by atoms with E-state index < -0.39 is 6.04 Å². The molecule has 0 fully saturated rings. The van der Waals surface area contributed by atoms with Crippen LogP contribution in [0.4, 0.5) is 0 Å². The van der Waals surface area contributed by atoms with Crippen molar-refractivity contribution in [2.24, 2.45) is 0 Å². The first-order valence-electron chi connectivity index (χ1n) is 12.6. The molecule has 3 aromatic heterocycles. The fourth-order valence-electron chi connectivity index (χ4n) is 4.57. The Labute approximate surface area is 230 Å². The molecule has 0 unspecified atom stereocenters. The van der Waals surface area contributed by atoms with Crippen LogP contribution in [0.3, 0.4) is 0 Å². The highest BCUT2D eigenvalue weighted by atomic mass is 35.5. The van der Waals surface area contributed by atoms with E-state index in [0.29, 0.717) is 54.8 Å². The van der Waals surface area contributed by atoms with Gasteiger partial charge in [0.2, 0.25) is 0 Å². The molecule has 39 heavy (non-hydrogen) atoms. The molecule has 0 saturated heterocycles. The fraction of sp³-hybridized carbons (Fsp3) is 0.286. The first-order valence-corrected chi connectivity index (χ1v) is 13.0. The highest BCUT2D eigenvalue weighted by Crippen LogP contribution is 2.31. The second-order valence-corrected chi connectivity index (χ2v) is 9.44. The van der Waals surface area contributed by atoms with Crippen LogP contribution in [0, 0.1) is 0 Å². The Morgan fingerprint density at radius 2 is 1.97 bits per heavy atom. The van der Waals surface area contributed by atoms with Crippen molar-refractivity contribution in [3.8, 4) is 5.75 Å². The lowest BCUT2D eigenvalue weighted by molar-refractivity contribution is 0.163. The molecular formula is C28H29ClN6O4. The van der Waals surface area contributed by atoms with Gasteiger partial charge in [0.25, 0.3) is 5.56 Å². The molecule has 2 aromatic carbocycles. The summed E-state index contributed by atoms with van der Waals surface area (Å²) in [4.78, 5) is 18.8. The third kappa shape index (κ3) is 6.19. The number of halogens is 1. The van der Waals surface area contributed by atoms with Crippen molar-refractivity contribution in [1.82, 2.24) is 30.1 Å². The summed E-state index contributed by atoms with van der Waals surface area (Å²) in [7, 11) is 1.62. The van der Waals surface area contributed by atoms with Crippen molar-refractivity contribution < 1.29 is 13.9 Å².